The van der Waals surface area contributed by atoms with E-state index in [-0.39, 0.29) is 23.8 Å². The summed E-state index contributed by atoms with van der Waals surface area (Å²) < 4.78 is 41.2. The number of rotatable bonds is 4. The molecule has 1 aromatic heterocycles. The van der Waals surface area contributed by atoms with Crippen LogP contribution in [0.4, 0.5) is 13.2 Å². The maximum absolute atomic E-state index is 14.0. The number of nitrogens with one attached hydrogen (secondary N) is 1. The molecule has 2 aromatic carbocycles. The van der Waals surface area contributed by atoms with Crippen molar-refractivity contribution in [1.82, 2.24) is 15.1 Å². The summed E-state index contributed by atoms with van der Waals surface area (Å²) in [5.74, 6) is -1.12. The topological polar surface area (TPSA) is 31.9 Å². The van der Waals surface area contributed by atoms with Crippen LogP contribution in [-0.2, 0) is 6.54 Å². The monoisotopic (exact) mass is 371 g/mol. The molecule has 6 heteroatoms. The van der Waals surface area contributed by atoms with Crippen LogP contribution >= 0.6 is 0 Å². The van der Waals surface area contributed by atoms with Crippen LogP contribution in [-0.4, -0.2) is 28.2 Å². The van der Waals surface area contributed by atoms with Crippen molar-refractivity contribution in [2.75, 3.05) is 13.1 Å². The van der Waals surface area contributed by atoms with E-state index in [1.807, 2.05) is 0 Å². The minimum absolute atomic E-state index is 0.113. The molecule has 0 spiro atoms. The van der Waals surface area contributed by atoms with E-state index < -0.39 is 11.6 Å². The summed E-state index contributed by atoms with van der Waals surface area (Å²) in [6.07, 6.45) is 3.65. The SMILES string of the molecule is Fc1ccc(-c2cn[nH]c2C2CCCN(Cc3c(F)cccc3F)C2)cc1. The Balaban J connectivity index is 1.54. The maximum Gasteiger partial charge on any atom is 0.130 e. The Morgan fingerprint density at radius 1 is 1.04 bits per heavy atom. The Labute approximate surface area is 155 Å². The Kier molecular flexibility index (Phi) is 4.99. The number of aromatic amines is 1. The van der Waals surface area contributed by atoms with E-state index in [9.17, 15) is 13.2 Å². The standard InChI is InChI=1S/C21H20F3N3/c22-16-8-6-14(7-9-16)17-11-25-26-21(17)15-3-2-10-27(12-15)13-18-19(23)4-1-5-20(18)24/h1,4-9,11,15H,2-3,10,12-13H2,(H,25,26). The van der Waals surface area contributed by atoms with Crippen molar-refractivity contribution in [2.24, 2.45) is 0 Å². The fraction of sp³-hybridized carbons (Fsp3) is 0.286. The number of aromatic nitrogens is 2. The van der Waals surface area contributed by atoms with Gasteiger partial charge in [0.2, 0.25) is 0 Å². The third-order valence-corrected chi connectivity index (χ3v) is 5.18. The van der Waals surface area contributed by atoms with Crippen molar-refractivity contribution >= 4 is 0 Å². The molecule has 3 aromatic rings. The molecule has 0 saturated carbocycles. The van der Waals surface area contributed by atoms with Crippen LogP contribution in [0.2, 0.25) is 0 Å². The van der Waals surface area contributed by atoms with Gasteiger partial charge >= 0.3 is 0 Å². The second kappa shape index (κ2) is 7.56. The van der Waals surface area contributed by atoms with Gasteiger partial charge in [-0.1, -0.05) is 18.2 Å². The number of likely N-dealkylation sites (tertiary alicyclic amines) is 1. The number of nitrogens with zero attached hydrogens (tertiary/aromatic N) is 2. The van der Waals surface area contributed by atoms with Gasteiger partial charge in [0.05, 0.1) is 6.20 Å². The normalized spacial score (nSPS) is 18.0. The van der Waals surface area contributed by atoms with Gasteiger partial charge in [-0.05, 0) is 49.2 Å². The molecule has 0 amide bonds. The van der Waals surface area contributed by atoms with E-state index in [0.717, 1.165) is 36.2 Å². The average molecular weight is 371 g/mol. The summed E-state index contributed by atoms with van der Waals surface area (Å²) >= 11 is 0. The Morgan fingerprint density at radius 3 is 2.52 bits per heavy atom. The van der Waals surface area contributed by atoms with Crippen LogP contribution < -0.4 is 0 Å². The lowest BCUT2D eigenvalue weighted by atomic mass is 9.90. The predicted molar refractivity (Wildman–Crippen MR) is 97.6 cm³/mol. The van der Waals surface area contributed by atoms with Gasteiger partial charge in [0.1, 0.15) is 17.5 Å². The predicted octanol–water partition coefficient (Wildman–Crippen LogP) is 4.87. The first-order valence-corrected chi connectivity index (χ1v) is 9.06. The average Bonchev–Trinajstić information content (AvgIpc) is 3.16. The van der Waals surface area contributed by atoms with Crippen LogP contribution in [0.25, 0.3) is 11.1 Å². The highest BCUT2D eigenvalue weighted by atomic mass is 19.1. The van der Waals surface area contributed by atoms with E-state index in [2.05, 4.69) is 15.1 Å². The quantitative estimate of drug-likeness (QED) is 0.709. The lowest BCUT2D eigenvalue weighted by Crippen LogP contribution is -2.34. The molecular weight excluding hydrogens is 351 g/mol. The van der Waals surface area contributed by atoms with E-state index in [1.54, 1.807) is 18.3 Å². The van der Waals surface area contributed by atoms with Gasteiger partial charge in [-0.15, -0.1) is 0 Å². The van der Waals surface area contributed by atoms with Gasteiger partial charge in [-0.3, -0.25) is 10.00 Å². The lowest BCUT2D eigenvalue weighted by Gasteiger charge is -2.32. The number of hydrogen-bond donors (Lipinski definition) is 1. The molecule has 1 aliphatic heterocycles. The van der Waals surface area contributed by atoms with Crippen LogP contribution in [0.15, 0.2) is 48.7 Å². The van der Waals surface area contributed by atoms with Gasteiger partial charge in [-0.2, -0.15) is 5.10 Å². The summed E-state index contributed by atoms with van der Waals surface area (Å²) in [5, 5.41) is 7.25. The molecule has 0 aliphatic carbocycles. The van der Waals surface area contributed by atoms with E-state index >= 15 is 0 Å². The molecule has 3 nitrogen and oxygen atoms in total. The minimum Gasteiger partial charge on any atom is -0.298 e. The number of H-pyrrole nitrogens is 1. The molecule has 1 unspecified atom stereocenters. The summed E-state index contributed by atoms with van der Waals surface area (Å²) in [6.45, 7) is 1.73. The zero-order valence-corrected chi connectivity index (χ0v) is 14.8. The van der Waals surface area contributed by atoms with E-state index in [1.165, 1.54) is 30.3 Å². The molecule has 1 fully saturated rings. The summed E-state index contributed by atoms with van der Waals surface area (Å²) in [7, 11) is 0. The molecule has 27 heavy (non-hydrogen) atoms. The molecule has 0 bridgehead atoms. The van der Waals surface area contributed by atoms with Crippen LogP contribution in [0, 0.1) is 17.5 Å². The second-order valence-corrected chi connectivity index (χ2v) is 6.98. The van der Waals surface area contributed by atoms with E-state index in [4.69, 9.17) is 0 Å². The number of halogens is 3. The maximum atomic E-state index is 14.0. The molecular formula is C21H20F3N3. The third-order valence-electron chi connectivity index (χ3n) is 5.18. The summed E-state index contributed by atoms with van der Waals surface area (Å²) in [5.41, 5.74) is 2.94. The lowest BCUT2D eigenvalue weighted by molar-refractivity contribution is 0.194. The molecule has 1 aliphatic rings. The zero-order chi connectivity index (χ0) is 18.8. The van der Waals surface area contributed by atoms with Gasteiger partial charge in [0, 0.05) is 35.8 Å². The minimum atomic E-state index is -0.509. The van der Waals surface area contributed by atoms with Crippen LogP contribution in [0.5, 0.6) is 0 Å². The molecule has 1 atom stereocenters. The van der Waals surface area contributed by atoms with Crippen molar-refractivity contribution < 1.29 is 13.2 Å². The third kappa shape index (κ3) is 3.76. The fourth-order valence-electron chi connectivity index (χ4n) is 3.81. The Bertz CT molecular complexity index is 900. The van der Waals surface area contributed by atoms with Gasteiger partial charge in [-0.25, -0.2) is 13.2 Å². The first-order chi connectivity index (χ1) is 13.1. The van der Waals surface area contributed by atoms with Crippen LogP contribution in [0.1, 0.15) is 30.0 Å². The number of hydrogen-bond acceptors (Lipinski definition) is 2. The number of benzene rings is 2. The first-order valence-electron chi connectivity index (χ1n) is 9.06. The smallest absolute Gasteiger partial charge is 0.130 e. The van der Waals surface area contributed by atoms with Crippen molar-refractivity contribution in [1.29, 1.82) is 0 Å². The molecule has 1 saturated heterocycles. The molecule has 140 valence electrons. The largest absolute Gasteiger partial charge is 0.298 e. The molecule has 2 heterocycles. The van der Waals surface area contributed by atoms with Crippen molar-refractivity contribution in [2.45, 2.75) is 25.3 Å². The Morgan fingerprint density at radius 2 is 1.78 bits per heavy atom. The second-order valence-electron chi connectivity index (χ2n) is 6.98. The highest BCUT2D eigenvalue weighted by molar-refractivity contribution is 5.65. The molecule has 0 radical (unpaired) electrons. The van der Waals surface area contributed by atoms with Gasteiger partial charge in [0.15, 0.2) is 0 Å². The molecule has 1 N–H and O–H groups in total. The highest BCUT2D eigenvalue weighted by Crippen LogP contribution is 2.33. The van der Waals surface area contributed by atoms with Crippen molar-refractivity contribution in [3.05, 3.63) is 77.4 Å². The number of piperidine rings is 1. The summed E-state index contributed by atoms with van der Waals surface area (Å²) in [4.78, 5) is 2.07. The Hall–Kier alpha value is -2.60. The van der Waals surface area contributed by atoms with Crippen molar-refractivity contribution in [3.63, 3.8) is 0 Å². The molecule has 4 rings (SSSR count). The first kappa shape index (κ1) is 17.8. The highest BCUT2D eigenvalue weighted by Gasteiger charge is 2.26. The van der Waals surface area contributed by atoms with E-state index in [0.29, 0.717) is 6.54 Å². The van der Waals surface area contributed by atoms with Crippen molar-refractivity contribution in [3.8, 4) is 11.1 Å². The fourth-order valence-corrected chi connectivity index (χ4v) is 3.81. The zero-order valence-electron chi connectivity index (χ0n) is 14.8. The van der Waals surface area contributed by atoms with Gasteiger partial charge < -0.3 is 0 Å². The van der Waals surface area contributed by atoms with Gasteiger partial charge in [0.25, 0.3) is 0 Å². The van der Waals surface area contributed by atoms with Crippen LogP contribution in [0.3, 0.4) is 0 Å². The summed E-state index contributed by atoms with van der Waals surface area (Å²) in [6, 6.07) is 10.3.